The van der Waals surface area contributed by atoms with Crippen molar-refractivity contribution in [2.45, 2.75) is 25.7 Å². The number of anilines is 2. The number of aromatic nitrogens is 3. The molecule has 0 spiro atoms. The third-order valence-electron chi connectivity index (χ3n) is 5.51. The summed E-state index contributed by atoms with van der Waals surface area (Å²) in [5, 5.41) is 12.6. The predicted octanol–water partition coefficient (Wildman–Crippen LogP) is 2.22. The summed E-state index contributed by atoms with van der Waals surface area (Å²) in [6, 6.07) is 1.99. The monoisotopic (exact) mass is 413 g/mol. The average Bonchev–Trinajstić information content (AvgIpc) is 2.79. The largest absolute Gasteiger partial charge is 0.481 e. The van der Waals surface area contributed by atoms with Gasteiger partial charge in [-0.05, 0) is 31.7 Å². The number of carboxylic acid groups (broad SMARTS) is 1. The van der Waals surface area contributed by atoms with Gasteiger partial charge in [-0.25, -0.2) is 9.97 Å². The quantitative estimate of drug-likeness (QED) is 0.660. The van der Waals surface area contributed by atoms with Crippen LogP contribution in [0.1, 0.15) is 25.0 Å². The fraction of sp³-hybridized carbons (Fsp3) is 0.524. The first-order valence-corrected chi connectivity index (χ1v) is 10.4. The summed E-state index contributed by atoms with van der Waals surface area (Å²) in [4.78, 5) is 27.6. The first-order valence-electron chi connectivity index (χ1n) is 10.4. The van der Waals surface area contributed by atoms with Gasteiger partial charge in [-0.1, -0.05) is 0 Å². The number of pyridine rings is 1. The molecule has 2 aromatic heterocycles. The van der Waals surface area contributed by atoms with E-state index in [2.05, 4.69) is 15.2 Å². The molecule has 9 heteroatoms. The number of hydrogen-bond donors (Lipinski definition) is 2. The zero-order valence-electron chi connectivity index (χ0n) is 17.1. The number of fused-ring (bicyclic) bond motifs is 1. The van der Waals surface area contributed by atoms with Gasteiger partial charge in [0, 0.05) is 51.3 Å². The van der Waals surface area contributed by atoms with Gasteiger partial charge >= 0.3 is 5.97 Å². The maximum atomic E-state index is 11.3. The summed E-state index contributed by atoms with van der Waals surface area (Å²) in [5.74, 6) is 0.360. The number of rotatable bonds is 7. The first kappa shape index (κ1) is 20.3. The molecule has 2 N–H and O–H groups in total. The van der Waals surface area contributed by atoms with Crippen molar-refractivity contribution in [1.82, 2.24) is 15.0 Å². The van der Waals surface area contributed by atoms with Crippen molar-refractivity contribution in [3.05, 3.63) is 24.2 Å². The Morgan fingerprint density at radius 1 is 1.33 bits per heavy atom. The maximum absolute atomic E-state index is 11.3. The molecule has 9 nitrogen and oxygen atoms in total. The molecular formula is C21H27N5O4. The fourth-order valence-electron chi connectivity index (χ4n) is 3.85. The number of carboxylic acids is 1. The van der Waals surface area contributed by atoms with Crippen molar-refractivity contribution in [1.29, 1.82) is 0 Å². The standard InChI is InChI=1S/C21H27N5O4/c1-29-9-2-3-16-13-23-18(15-11-17-20(24-12-15)30-10-6-22-17)19(25-16)26-7-4-14(5-8-26)21(27)28/h11-14,22H,2-10H2,1H3,(H,27,28). The molecule has 0 bridgehead atoms. The smallest absolute Gasteiger partial charge is 0.306 e. The van der Waals surface area contributed by atoms with E-state index in [-0.39, 0.29) is 5.92 Å². The van der Waals surface area contributed by atoms with Crippen LogP contribution < -0.4 is 15.0 Å². The Balaban J connectivity index is 1.64. The summed E-state index contributed by atoms with van der Waals surface area (Å²) >= 11 is 0. The van der Waals surface area contributed by atoms with E-state index in [4.69, 9.17) is 19.4 Å². The second-order valence-electron chi connectivity index (χ2n) is 7.58. The minimum Gasteiger partial charge on any atom is -0.481 e. The van der Waals surface area contributed by atoms with Gasteiger partial charge in [0.05, 0.1) is 17.3 Å². The lowest BCUT2D eigenvalue weighted by Crippen LogP contribution is -2.37. The molecule has 0 radical (unpaired) electrons. The third kappa shape index (κ3) is 4.46. The van der Waals surface area contributed by atoms with Crippen molar-refractivity contribution >= 4 is 17.5 Å². The molecule has 0 amide bonds. The number of aryl methyl sites for hydroxylation is 1. The first-order chi connectivity index (χ1) is 14.7. The molecule has 2 aliphatic rings. The van der Waals surface area contributed by atoms with Crippen LogP contribution >= 0.6 is 0 Å². The molecular weight excluding hydrogens is 386 g/mol. The molecule has 160 valence electrons. The number of methoxy groups -OCH3 is 1. The Hall–Kier alpha value is -2.94. The number of ether oxygens (including phenoxy) is 2. The molecule has 0 atom stereocenters. The molecule has 0 aliphatic carbocycles. The van der Waals surface area contributed by atoms with Crippen LogP contribution in [0.25, 0.3) is 11.3 Å². The van der Waals surface area contributed by atoms with Gasteiger partial charge in [0.2, 0.25) is 5.88 Å². The molecule has 4 heterocycles. The van der Waals surface area contributed by atoms with E-state index in [9.17, 15) is 9.90 Å². The van der Waals surface area contributed by atoms with Gasteiger partial charge < -0.3 is 24.8 Å². The molecule has 2 aliphatic heterocycles. The summed E-state index contributed by atoms with van der Waals surface area (Å²) in [5.41, 5.74) is 3.36. The lowest BCUT2D eigenvalue weighted by Gasteiger charge is -2.32. The predicted molar refractivity (Wildman–Crippen MR) is 112 cm³/mol. The lowest BCUT2D eigenvalue weighted by molar-refractivity contribution is -0.142. The lowest BCUT2D eigenvalue weighted by atomic mass is 9.97. The van der Waals surface area contributed by atoms with Crippen LogP contribution in [0.5, 0.6) is 5.88 Å². The molecule has 0 unspecified atom stereocenters. The summed E-state index contributed by atoms with van der Waals surface area (Å²) < 4.78 is 10.7. The van der Waals surface area contributed by atoms with E-state index in [0.29, 0.717) is 45.0 Å². The van der Waals surface area contributed by atoms with Crippen LogP contribution in [-0.2, 0) is 16.0 Å². The van der Waals surface area contributed by atoms with Crippen molar-refractivity contribution in [3.63, 3.8) is 0 Å². The van der Waals surface area contributed by atoms with Crippen LogP contribution in [0.3, 0.4) is 0 Å². The normalized spacial score (nSPS) is 16.5. The van der Waals surface area contributed by atoms with Crippen LogP contribution in [0.4, 0.5) is 11.5 Å². The van der Waals surface area contributed by atoms with Gasteiger partial charge in [-0.15, -0.1) is 0 Å². The van der Waals surface area contributed by atoms with Crippen molar-refractivity contribution in [3.8, 4) is 17.1 Å². The van der Waals surface area contributed by atoms with Gasteiger partial charge in [0.25, 0.3) is 0 Å². The Kier molecular flexibility index (Phi) is 6.27. The summed E-state index contributed by atoms with van der Waals surface area (Å²) in [6.45, 7) is 3.28. The van der Waals surface area contributed by atoms with E-state index in [1.54, 1.807) is 13.3 Å². The maximum Gasteiger partial charge on any atom is 0.306 e. The second-order valence-corrected chi connectivity index (χ2v) is 7.58. The van der Waals surface area contributed by atoms with Gasteiger partial charge in [-0.2, -0.15) is 0 Å². The zero-order valence-corrected chi connectivity index (χ0v) is 17.1. The Labute approximate surface area is 175 Å². The second kappa shape index (κ2) is 9.25. The number of aliphatic carboxylic acids is 1. The number of piperidine rings is 1. The topological polar surface area (TPSA) is 110 Å². The van der Waals surface area contributed by atoms with Gasteiger partial charge in [0.15, 0.2) is 5.82 Å². The van der Waals surface area contributed by atoms with Crippen LogP contribution in [0.15, 0.2) is 18.5 Å². The molecule has 2 aromatic rings. The van der Waals surface area contributed by atoms with Gasteiger partial charge in [0.1, 0.15) is 12.3 Å². The molecule has 4 rings (SSSR count). The third-order valence-corrected chi connectivity index (χ3v) is 5.51. The Morgan fingerprint density at radius 3 is 2.93 bits per heavy atom. The van der Waals surface area contributed by atoms with Crippen LogP contribution in [-0.4, -0.2) is 66.0 Å². The SMILES string of the molecule is COCCCc1cnc(-c2cnc3c(c2)NCCO3)c(N2CCC(C(=O)O)CC2)n1. The van der Waals surface area contributed by atoms with Crippen LogP contribution in [0.2, 0.25) is 0 Å². The van der Waals surface area contributed by atoms with Crippen molar-refractivity contribution in [2.24, 2.45) is 5.92 Å². The number of carbonyl (C=O) groups is 1. The number of hydrogen-bond acceptors (Lipinski definition) is 8. The highest BCUT2D eigenvalue weighted by Gasteiger charge is 2.27. The highest BCUT2D eigenvalue weighted by molar-refractivity contribution is 5.76. The zero-order chi connectivity index (χ0) is 20.9. The minimum atomic E-state index is -0.723. The minimum absolute atomic E-state index is 0.297. The summed E-state index contributed by atoms with van der Waals surface area (Å²) in [6.07, 6.45) is 6.41. The molecule has 0 saturated carbocycles. The average molecular weight is 413 g/mol. The molecule has 1 saturated heterocycles. The Morgan fingerprint density at radius 2 is 2.17 bits per heavy atom. The highest BCUT2D eigenvalue weighted by atomic mass is 16.5. The van der Waals surface area contributed by atoms with E-state index in [1.807, 2.05) is 12.3 Å². The summed E-state index contributed by atoms with van der Waals surface area (Å²) in [7, 11) is 1.69. The Bertz CT molecular complexity index is 899. The number of nitrogens with one attached hydrogen (secondary N) is 1. The molecule has 30 heavy (non-hydrogen) atoms. The van der Waals surface area contributed by atoms with Crippen molar-refractivity contribution in [2.75, 3.05) is 50.2 Å². The van der Waals surface area contributed by atoms with E-state index < -0.39 is 5.97 Å². The van der Waals surface area contributed by atoms with Crippen molar-refractivity contribution < 1.29 is 19.4 Å². The van der Waals surface area contributed by atoms with Crippen LogP contribution in [0, 0.1) is 5.92 Å². The van der Waals surface area contributed by atoms with E-state index in [0.717, 1.165) is 47.8 Å². The molecule has 1 fully saturated rings. The van der Waals surface area contributed by atoms with E-state index in [1.165, 1.54) is 0 Å². The highest BCUT2D eigenvalue weighted by Crippen LogP contribution is 2.34. The fourth-order valence-corrected chi connectivity index (χ4v) is 3.85. The van der Waals surface area contributed by atoms with E-state index >= 15 is 0 Å². The molecule has 0 aromatic carbocycles. The number of nitrogens with zero attached hydrogens (tertiary/aromatic N) is 4. The van der Waals surface area contributed by atoms with Gasteiger partial charge in [-0.3, -0.25) is 9.78 Å².